The van der Waals surface area contributed by atoms with Crippen molar-refractivity contribution >= 4 is 11.6 Å². The normalized spacial score (nSPS) is 23.5. The Kier molecular flexibility index (Phi) is 3.21. The predicted octanol–water partition coefficient (Wildman–Crippen LogP) is 2.45. The Morgan fingerprint density at radius 1 is 1.07 bits per heavy atom. The van der Waals surface area contributed by atoms with Gasteiger partial charge in [-0.3, -0.25) is 9.59 Å². The lowest BCUT2D eigenvalue weighted by atomic mass is 9.80. The van der Waals surface area contributed by atoms with Gasteiger partial charge >= 0.3 is 0 Å². The number of hydrogen-bond acceptors (Lipinski definition) is 2. The van der Waals surface area contributed by atoms with E-state index in [1.807, 2.05) is 0 Å². The third-order valence-electron chi connectivity index (χ3n) is 2.68. The summed E-state index contributed by atoms with van der Waals surface area (Å²) in [5, 5.41) is 0. The molecule has 5 heteroatoms. The minimum atomic E-state index is -2.87. The van der Waals surface area contributed by atoms with Gasteiger partial charge in [-0.1, -0.05) is 0 Å². The summed E-state index contributed by atoms with van der Waals surface area (Å²) in [5.41, 5.74) is -2.21. The van der Waals surface area contributed by atoms with Crippen LogP contribution in [-0.4, -0.2) is 23.2 Å². The summed E-state index contributed by atoms with van der Waals surface area (Å²) in [6, 6.07) is 0. The molecule has 15 heavy (non-hydrogen) atoms. The van der Waals surface area contributed by atoms with Crippen LogP contribution in [0.4, 0.5) is 13.2 Å². The van der Waals surface area contributed by atoms with Gasteiger partial charge in [0, 0.05) is 12.8 Å². The average Bonchev–Trinajstić information content (AvgIpc) is 2.09. The van der Waals surface area contributed by atoms with E-state index in [0.717, 1.165) is 0 Å². The third-order valence-corrected chi connectivity index (χ3v) is 2.68. The van der Waals surface area contributed by atoms with Crippen LogP contribution in [0.5, 0.6) is 0 Å². The number of ketones is 2. The topological polar surface area (TPSA) is 34.1 Å². The molecule has 86 valence electrons. The molecule has 0 aliphatic heterocycles. The molecule has 0 heterocycles. The highest BCUT2D eigenvalue weighted by atomic mass is 19.3. The van der Waals surface area contributed by atoms with Crippen LogP contribution >= 0.6 is 0 Å². The first kappa shape index (κ1) is 12.2. The lowest BCUT2D eigenvalue weighted by Crippen LogP contribution is -2.42. The standard InChI is InChI=1S/C10H13F3O2/c1-7(14)6-8(15)9(11)2-4-10(12,13)5-3-9/h2-6H2,1H3. The molecule has 0 unspecified atom stereocenters. The summed E-state index contributed by atoms with van der Waals surface area (Å²) in [5.74, 6) is -4.16. The van der Waals surface area contributed by atoms with Crippen molar-refractivity contribution < 1.29 is 22.8 Å². The number of halogens is 3. The van der Waals surface area contributed by atoms with Crippen molar-refractivity contribution in [3.8, 4) is 0 Å². The molecule has 1 rings (SSSR count). The number of carbonyl (C=O) groups is 2. The molecule has 0 N–H and O–H groups in total. The number of alkyl halides is 3. The smallest absolute Gasteiger partial charge is 0.248 e. The van der Waals surface area contributed by atoms with Crippen molar-refractivity contribution in [3.63, 3.8) is 0 Å². The molecule has 0 aromatic heterocycles. The van der Waals surface area contributed by atoms with Crippen molar-refractivity contribution in [2.24, 2.45) is 0 Å². The highest BCUT2D eigenvalue weighted by Gasteiger charge is 2.47. The molecule has 1 saturated carbocycles. The second kappa shape index (κ2) is 3.94. The fourth-order valence-electron chi connectivity index (χ4n) is 1.68. The molecule has 1 fully saturated rings. The minimum Gasteiger partial charge on any atom is -0.300 e. The summed E-state index contributed by atoms with van der Waals surface area (Å²) in [6.07, 6.45) is -2.69. The summed E-state index contributed by atoms with van der Waals surface area (Å²) in [4.78, 5) is 21.9. The van der Waals surface area contributed by atoms with Gasteiger partial charge in [-0.15, -0.1) is 0 Å². The van der Waals surface area contributed by atoms with Crippen LogP contribution in [0.15, 0.2) is 0 Å². The zero-order valence-electron chi connectivity index (χ0n) is 8.49. The SMILES string of the molecule is CC(=O)CC(=O)C1(F)CCC(F)(F)CC1. The van der Waals surface area contributed by atoms with Crippen molar-refractivity contribution in [1.29, 1.82) is 0 Å². The second-order valence-electron chi connectivity index (χ2n) is 4.12. The molecule has 0 bridgehead atoms. The summed E-state index contributed by atoms with van der Waals surface area (Å²) in [7, 11) is 0. The Morgan fingerprint density at radius 2 is 1.53 bits per heavy atom. The van der Waals surface area contributed by atoms with Crippen LogP contribution in [0.2, 0.25) is 0 Å². The van der Waals surface area contributed by atoms with Crippen molar-refractivity contribution in [2.75, 3.05) is 0 Å². The van der Waals surface area contributed by atoms with Gasteiger partial charge in [0.2, 0.25) is 5.92 Å². The maximum absolute atomic E-state index is 13.8. The molecule has 0 aromatic carbocycles. The number of carbonyl (C=O) groups excluding carboxylic acids is 2. The Hall–Kier alpha value is -0.870. The van der Waals surface area contributed by atoms with Gasteiger partial charge < -0.3 is 0 Å². The van der Waals surface area contributed by atoms with E-state index in [1.54, 1.807) is 0 Å². The van der Waals surface area contributed by atoms with E-state index in [0.29, 0.717) is 0 Å². The van der Waals surface area contributed by atoms with E-state index in [9.17, 15) is 22.8 Å². The van der Waals surface area contributed by atoms with E-state index in [4.69, 9.17) is 0 Å². The molecule has 0 radical (unpaired) electrons. The van der Waals surface area contributed by atoms with Crippen LogP contribution in [0.25, 0.3) is 0 Å². The first-order valence-electron chi connectivity index (χ1n) is 4.85. The van der Waals surface area contributed by atoms with Gasteiger partial charge in [0.15, 0.2) is 11.5 Å². The van der Waals surface area contributed by atoms with Crippen LogP contribution in [0, 0.1) is 0 Å². The molecular formula is C10H13F3O2. The minimum absolute atomic E-state index is 0.436. The zero-order chi connectivity index (χ0) is 11.7. The molecule has 1 aliphatic rings. The monoisotopic (exact) mass is 222 g/mol. The predicted molar refractivity (Wildman–Crippen MR) is 47.6 cm³/mol. The molecule has 0 spiro atoms. The van der Waals surface area contributed by atoms with Crippen molar-refractivity contribution in [1.82, 2.24) is 0 Å². The maximum Gasteiger partial charge on any atom is 0.248 e. The van der Waals surface area contributed by atoms with Crippen LogP contribution in [-0.2, 0) is 9.59 Å². The van der Waals surface area contributed by atoms with Crippen LogP contribution < -0.4 is 0 Å². The van der Waals surface area contributed by atoms with E-state index in [1.165, 1.54) is 6.92 Å². The fraction of sp³-hybridized carbons (Fsp3) is 0.800. The third kappa shape index (κ3) is 3.04. The van der Waals surface area contributed by atoms with E-state index >= 15 is 0 Å². The van der Waals surface area contributed by atoms with Gasteiger partial charge in [-0.25, -0.2) is 13.2 Å². The van der Waals surface area contributed by atoms with Crippen molar-refractivity contribution in [3.05, 3.63) is 0 Å². The van der Waals surface area contributed by atoms with Gasteiger partial charge in [0.25, 0.3) is 0 Å². The summed E-state index contributed by atoms with van der Waals surface area (Å²) >= 11 is 0. The molecule has 0 aromatic rings. The Bertz CT molecular complexity index is 276. The van der Waals surface area contributed by atoms with E-state index < -0.39 is 55.3 Å². The molecule has 2 nitrogen and oxygen atoms in total. The van der Waals surface area contributed by atoms with E-state index in [2.05, 4.69) is 0 Å². The first-order chi connectivity index (χ1) is 6.75. The Balaban J connectivity index is 2.62. The molecule has 1 aliphatic carbocycles. The Morgan fingerprint density at radius 3 is 1.93 bits per heavy atom. The number of rotatable bonds is 3. The highest BCUT2D eigenvalue weighted by Crippen LogP contribution is 2.41. The van der Waals surface area contributed by atoms with Gasteiger partial charge in [-0.2, -0.15) is 0 Å². The molecular weight excluding hydrogens is 209 g/mol. The number of Topliss-reactive ketones (excluding diaryl/α,β-unsaturated/α-hetero) is 2. The largest absolute Gasteiger partial charge is 0.300 e. The Labute approximate surface area is 85.8 Å². The zero-order valence-corrected chi connectivity index (χ0v) is 8.49. The molecule has 0 amide bonds. The summed E-state index contributed by atoms with van der Waals surface area (Å²) < 4.78 is 39.3. The average molecular weight is 222 g/mol. The van der Waals surface area contributed by atoms with Crippen LogP contribution in [0.3, 0.4) is 0 Å². The quantitative estimate of drug-likeness (QED) is 0.687. The lowest BCUT2D eigenvalue weighted by molar-refractivity contribution is -0.141. The second-order valence-corrected chi connectivity index (χ2v) is 4.12. The van der Waals surface area contributed by atoms with Gasteiger partial charge in [-0.05, 0) is 19.8 Å². The number of hydrogen-bond donors (Lipinski definition) is 0. The van der Waals surface area contributed by atoms with Gasteiger partial charge in [0.05, 0.1) is 6.42 Å². The first-order valence-corrected chi connectivity index (χ1v) is 4.85. The fourth-order valence-corrected chi connectivity index (χ4v) is 1.68. The molecule has 0 atom stereocenters. The van der Waals surface area contributed by atoms with Crippen LogP contribution in [0.1, 0.15) is 39.0 Å². The molecule has 0 saturated heterocycles. The summed E-state index contributed by atoms with van der Waals surface area (Å²) in [6.45, 7) is 1.18. The van der Waals surface area contributed by atoms with E-state index in [-0.39, 0.29) is 0 Å². The highest BCUT2D eigenvalue weighted by molar-refractivity contribution is 6.02. The van der Waals surface area contributed by atoms with Crippen molar-refractivity contribution in [2.45, 2.75) is 50.6 Å². The van der Waals surface area contributed by atoms with Gasteiger partial charge in [0.1, 0.15) is 5.78 Å². The maximum atomic E-state index is 13.8. The lowest BCUT2D eigenvalue weighted by Gasteiger charge is -2.32.